The highest BCUT2D eigenvalue weighted by Gasteiger charge is 2.15. The number of nitrogen functional groups attached to an aromatic ring is 1. The lowest BCUT2D eigenvalue weighted by Gasteiger charge is -2.19. The van der Waals surface area contributed by atoms with Gasteiger partial charge in [0.1, 0.15) is 11.5 Å². The minimum atomic E-state index is -0.367. The van der Waals surface area contributed by atoms with Gasteiger partial charge in [0.15, 0.2) is 0 Å². The Bertz CT molecular complexity index is 803. The van der Waals surface area contributed by atoms with Gasteiger partial charge in [-0.3, -0.25) is 0 Å². The fourth-order valence-electron chi connectivity index (χ4n) is 2.52. The van der Waals surface area contributed by atoms with Crippen molar-refractivity contribution in [3.05, 3.63) is 66.2 Å². The van der Waals surface area contributed by atoms with Crippen LogP contribution in [0.5, 0.6) is 0 Å². The Morgan fingerprint density at radius 2 is 1.48 bits per heavy atom. The normalized spacial score (nSPS) is 11.4. The molecule has 0 saturated heterocycles. The molecule has 0 saturated carbocycles. The van der Waals surface area contributed by atoms with Crippen LogP contribution in [-0.2, 0) is 5.54 Å². The minimum Gasteiger partial charge on any atom is -0.382 e. The average Bonchev–Trinajstić information content (AvgIpc) is 2.55. The van der Waals surface area contributed by atoms with Crippen molar-refractivity contribution in [2.75, 3.05) is 5.73 Å². The number of hydrogen-bond acceptors (Lipinski definition) is 4. The summed E-state index contributed by atoms with van der Waals surface area (Å²) in [6.45, 7) is 3.97. The highest BCUT2D eigenvalue weighted by Crippen LogP contribution is 2.31. The third-order valence-corrected chi connectivity index (χ3v) is 3.80. The smallest absolute Gasteiger partial charge is 0.146 e. The molecule has 3 rings (SSSR count). The molecule has 1 aromatic heterocycles. The van der Waals surface area contributed by atoms with Crippen LogP contribution in [0.2, 0.25) is 0 Å². The summed E-state index contributed by atoms with van der Waals surface area (Å²) in [5.74, 6) is 0.410. The van der Waals surface area contributed by atoms with Crippen LogP contribution in [-0.4, -0.2) is 10.2 Å². The van der Waals surface area contributed by atoms with E-state index in [1.807, 2.05) is 74.5 Å². The number of rotatable bonds is 3. The maximum atomic E-state index is 6.14. The minimum absolute atomic E-state index is 0.367. The van der Waals surface area contributed by atoms with Crippen LogP contribution in [0.4, 0.5) is 5.82 Å². The lowest BCUT2D eigenvalue weighted by Crippen LogP contribution is -2.28. The molecule has 0 aliphatic rings. The second-order valence-electron chi connectivity index (χ2n) is 6.20. The fourth-order valence-corrected chi connectivity index (χ4v) is 2.52. The summed E-state index contributed by atoms with van der Waals surface area (Å²) >= 11 is 0. The van der Waals surface area contributed by atoms with Crippen molar-refractivity contribution in [1.29, 1.82) is 0 Å². The fraction of sp³-hybridized carbons (Fsp3) is 0.158. The zero-order valence-electron chi connectivity index (χ0n) is 13.3. The largest absolute Gasteiger partial charge is 0.382 e. The lowest BCUT2D eigenvalue weighted by molar-refractivity contribution is 0.554. The number of anilines is 1. The van der Waals surface area contributed by atoms with Crippen molar-refractivity contribution in [2.45, 2.75) is 19.4 Å². The van der Waals surface area contributed by atoms with Crippen LogP contribution in [0.3, 0.4) is 0 Å². The summed E-state index contributed by atoms with van der Waals surface area (Å²) in [5.41, 5.74) is 16.5. The topological polar surface area (TPSA) is 77.8 Å². The summed E-state index contributed by atoms with van der Waals surface area (Å²) in [5, 5.41) is 8.33. The Morgan fingerprint density at radius 1 is 0.826 bits per heavy atom. The van der Waals surface area contributed by atoms with E-state index in [0.717, 1.165) is 27.9 Å². The predicted octanol–water partition coefficient (Wildman–Crippen LogP) is 3.59. The van der Waals surface area contributed by atoms with Crippen molar-refractivity contribution >= 4 is 5.82 Å². The van der Waals surface area contributed by atoms with Crippen molar-refractivity contribution < 1.29 is 0 Å². The molecule has 1 heterocycles. The summed E-state index contributed by atoms with van der Waals surface area (Å²) in [7, 11) is 0. The molecule has 0 aliphatic carbocycles. The molecule has 0 radical (unpaired) electrons. The number of nitrogens with zero attached hydrogens (tertiary/aromatic N) is 2. The first-order valence-electron chi connectivity index (χ1n) is 7.53. The van der Waals surface area contributed by atoms with Crippen LogP contribution >= 0.6 is 0 Å². The van der Waals surface area contributed by atoms with E-state index in [-0.39, 0.29) is 5.54 Å². The van der Waals surface area contributed by atoms with Crippen LogP contribution in [0.15, 0.2) is 60.7 Å². The highest BCUT2D eigenvalue weighted by molar-refractivity contribution is 5.81. The molecule has 0 atom stereocenters. The molecule has 2 aromatic carbocycles. The second kappa shape index (κ2) is 5.82. The molecule has 23 heavy (non-hydrogen) atoms. The van der Waals surface area contributed by atoms with Gasteiger partial charge in [-0.2, -0.15) is 0 Å². The molecule has 116 valence electrons. The summed E-state index contributed by atoms with van der Waals surface area (Å²) in [4.78, 5) is 0. The Labute approximate surface area is 136 Å². The summed E-state index contributed by atoms with van der Waals surface area (Å²) in [6, 6.07) is 20.0. The van der Waals surface area contributed by atoms with E-state index in [1.165, 1.54) is 0 Å². The van der Waals surface area contributed by atoms with Gasteiger partial charge < -0.3 is 11.5 Å². The first-order chi connectivity index (χ1) is 10.9. The van der Waals surface area contributed by atoms with E-state index in [9.17, 15) is 0 Å². The molecule has 4 nitrogen and oxygen atoms in total. The summed E-state index contributed by atoms with van der Waals surface area (Å²) in [6.07, 6.45) is 0. The van der Waals surface area contributed by atoms with Gasteiger partial charge >= 0.3 is 0 Å². The van der Waals surface area contributed by atoms with E-state index >= 15 is 0 Å². The lowest BCUT2D eigenvalue weighted by atomic mass is 9.93. The van der Waals surface area contributed by atoms with Gasteiger partial charge in [0.2, 0.25) is 0 Å². The van der Waals surface area contributed by atoms with Gasteiger partial charge in [0.05, 0.1) is 0 Å². The van der Waals surface area contributed by atoms with Crippen LogP contribution in [0, 0.1) is 0 Å². The van der Waals surface area contributed by atoms with Crippen LogP contribution in [0.25, 0.3) is 22.4 Å². The molecule has 0 amide bonds. The molecule has 0 unspecified atom stereocenters. The van der Waals surface area contributed by atoms with E-state index in [0.29, 0.717) is 5.82 Å². The van der Waals surface area contributed by atoms with Gasteiger partial charge in [-0.05, 0) is 31.0 Å². The Balaban J connectivity index is 2.10. The van der Waals surface area contributed by atoms with E-state index in [4.69, 9.17) is 11.5 Å². The van der Waals surface area contributed by atoms with E-state index in [1.54, 1.807) is 0 Å². The van der Waals surface area contributed by atoms with Crippen LogP contribution in [0.1, 0.15) is 19.4 Å². The third kappa shape index (κ3) is 3.22. The number of nitrogens with two attached hydrogens (primary N) is 2. The van der Waals surface area contributed by atoms with Crippen molar-refractivity contribution in [1.82, 2.24) is 10.2 Å². The SMILES string of the molecule is CC(C)(N)c1ccc(-c2nnc(N)cc2-c2ccccc2)cc1. The average molecular weight is 304 g/mol. The zero-order chi connectivity index (χ0) is 16.4. The second-order valence-corrected chi connectivity index (χ2v) is 6.20. The molecular weight excluding hydrogens is 284 g/mol. The number of aromatic nitrogens is 2. The van der Waals surface area contributed by atoms with Gasteiger partial charge in [0.25, 0.3) is 0 Å². The maximum Gasteiger partial charge on any atom is 0.146 e. The monoisotopic (exact) mass is 304 g/mol. The molecule has 4 heteroatoms. The first-order valence-corrected chi connectivity index (χ1v) is 7.53. The van der Waals surface area contributed by atoms with Gasteiger partial charge in [-0.25, -0.2) is 0 Å². The van der Waals surface area contributed by atoms with E-state index < -0.39 is 0 Å². The first kappa shape index (κ1) is 15.2. The molecule has 0 aliphatic heterocycles. The molecular formula is C19H20N4. The molecule has 3 aromatic rings. The van der Waals surface area contributed by atoms with Crippen molar-refractivity contribution in [3.8, 4) is 22.4 Å². The quantitative estimate of drug-likeness (QED) is 0.775. The summed E-state index contributed by atoms with van der Waals surface area (Å²) < 4.78 is 0. The molecule has 0 bridgehead atoms. The highest BCUT2D eigenvalue weighted by atomic mass is 15.1. The number of hydrogen-bond donors (Lipinski definition) is 2. The maximum absolute atomic E-state index is 6.14. The van der Waals surface area contributed by atoms with Gasteiger partial charge in [-0.1, -0.05) is 54.6 Å². The Hall–Kier alpha value is -2.72. The predicted molar refractivity (Wildman–Crippen MR) is 94.5 cm³/mol. The molecule has 4 N–H and O–H groups in total. The standard InChI is InChI=1S/C19H20N4/c1-19(2,21)15-10-8-14(9-11-15)18-16(12-17(20)22-23-18)13-6-4-3-5-7-13/h3-12H,21H2,1-2H3,(H2,20,22). The third-order valence-electron chi connectivity index (χ3n) is 3.80. The van der Waals surface area contributed by atoms with Crippen LogP contribution < -0.4 is 11.5 Å². The van der Waals surface area contributed by atoms with Crippen molar-refractivity contribution in [2.24, 2.45) is 5.73 Å². The van der Waals surface area contributed by atoms with Crippen molar-refractivity contribution in [3.63, 3.8) is 0 Å². The Morgan fingerprint density at radius 3 is 2.09 bits per heavy atom. The molecule has 0 fully saturated rings. The van der Waals surface area contributed by atoms with Gasteiger partial charge in [0, 0.05) is 16.7 Å². The number of benzene rings is 2. The zero-order valence-corrected chi connectivity index (χ0v) is 13.3. The molecule has 0 spiro atoms. The Kier molecular flexibility index (Phi) is 3.84. The van der Waals surface area contributed by atoms with E-state index in [2.05, 4.69) is 10.2 Å². The van der Waals surface area contributed by atoms with Gasteiger partial charge in [-0.15, -0.1) is 10.2 Å².